The van der Waals surface area contributed by atoms with Crippen LogP contribution in [0.3, 0.4) is 0 Å². The van der Waals surface area contributed by atoms with E-state index in [0.29, 0.717) is 13.1 Å². The highest BCUT2D eigenvalue weighted by molar-refractivity contribution is 5.94. The fourth-order valence-corrected chi connectivity index (χ4v) is 2.96. The second-order valence-corrected chi connectivity index (χ2v) is 6.39. The van der Waals surface area contributed by atoms with Crippen LogP contribution in [0.25, 0.3) is 0 Å². The minimum atomic E-state index is 0.108. The molecule has 0 unspecified atom stereocenters. The molecule has 132 valence electrons. The Hall–Kier alpha value is -2.63. The zero-order valence-electron chi connectivity index (χ0n) is 15.1. The highest BCUT2D eigenvalue weighted by Gasteiger charge is 2.23. The Bertz CT molecular complexity index is 736. The van der Waals surface area contributed by atoms with Crippen LogP contribution in [0, 0.1) is 13.8 Å². The maximum atomic E-state index is 12.7. The highest BCUT2D eigenvalue weighted by atomic mass is 16.2. The van der Waals surface area contributed by atoms with Crippen molar-refractivity contribution in [3.05, 3.63) is 47.0 Å². The van der Waals surface area contributed by atoms with Gasteiger partial charge in [0.25, 0.3) is 5.91 Å². The van der Waals surface area contributed by atoms with E-state index in [1.165, 1.54) is 5.56 Å². The predicted octanol–water partition coefficient (Wildman–Crippen LogP) is 2.49. The second kappa shape index (κ2) is 7.51. The number of hydrogen-bond acceptors (Lipinski definition) is 5. The summed E-state index contributed by atoms with van der Waals surface area (Å²) in [4.78, 5) is 16.8. The molecule has 1 aliphatic rings. The maximum absolute atomic E-state index is 12.7. The van der Waals surface area contributed by atoms with Crippen molar-refractivity contribution >= 4 is 17.5 Å². The molecule has 6 heteroatoms. The van der Waals surface area contributed by atoms with Gasteiger partial charge in [0.05, 0.1) is 0 Å². The first-order valence-electron chi connectivity index (χ1n) is 8.77. The second-order valence-electron chi connectivity index (χ2n) is 6.39. The van der Waals surface area contributed by atoms with Crippen LogP contribution >= 0.6 is 0 Å². The van der Waals surface area contributed by atoms with Gasteiger partial charge in [0.1, 0.15) is 5.82 Å². The molecule has 25 heavy (non-hydrogen) atoms. The molecule has 6 nitrogen and oxygen atoms in total. The molecule has 1 saturated heterocycles. The summed E-state index contributed by atoms with van der Waals surface area (Å²) < 4.78 is 0. The largest absolute Gasteiger partial charge is 0.369 e. The number of hydrogen-bond donors (Lipinski definition) is 1. The summed E-state index contributed by atoms with van der Waals surface area (Å²) in [5, 5.41) is 11.6. The molecule has 1 fully saturated rings. The van der Waals surface area contributed by atoms with Crippen LogP contribution in [0.5, 0.6) is 0 Å². The average molecular weight is 339 g/mol. The zero-order valence-corrected chi connectivity index (χ0v) is 15.1. The van der Waals surface area contributed by atoms with Crippen LogP contribution in [-0.4, -0.2) is 53.7 Å². The third-order valence-electron chi connectivity index (χ3n) is 4.65. The van der Waals surface area contributed by atoms with E-state index in [9.17, 15) is 4.79 Å². The van der Waals surface area contributed by atoms with Crippen LogP contribution in [-0.2, 0) is 0 Å². The lowest BCUT2D eigenvalue weighted by molar-refractivity contribution is 0.0746. The monoisotopic (exact) mass is 339 g/mol. The topological polar surface area (TPSA) is 61.4 Å². The number of benzene rings is 1. The van der Waals surface area contributed by atoms with Crippen molar-refractivity contribution in [2.75, 3.05) is 42.9 Å². The lowest BCUT2D eigenvalue weighted by atomic mass is 10.1. The van der Waals surface area contributed by atoms with E-state index in [2.05, 4.69) is 27.3 Å². The molecule has 1 amide bonds. The molecule has 2 heterocycles. The Kier molecular flexibility index (Phi) is 5.16. The summed E-state index contributed by atoms with van der Waals surface area (Å²) in [5.41, 5.74) is 3.13. The van der Waals surface area contributed by atoms with Gasteiger partial charge in [-0.3, -0.25) is 4.79 Å². The number of nitrogens with zero attached hydrogens (tertiary/aromatic N) is 4. The first-order chi connectivity index (χ1) is 12.1. The van der Waals surface area contributed by atoms with Gasteiger partial charge in [-0.2, -0.15) is 0 Å². The van der Waals surface area contributed by atoms with E-state index in [-0.39, 0.29) is 5.91 Å². The average Bonchev–Trinajstić information content (AvgIpc) is 2.64. The van der Waals surface area contributed by atoms with Gasteiger partial charge in [0.2, 0.25) is 0 Å². The third-order valence-corrected chi connectivity index (χ3v) is 4.65. The summed E-state index contributed by atoms with van der Waals surface area (Å²) in [6, 6.07) is 9.83. The maximum Gasteiger partial charge on any atom is 0.253 e. The Labute approximate surface area is 148 Å². The summed E-state index contributed by atoms with van der Waals surface area (Å²) in [5.74, 6) is 1.76. The fourth-order valence-electron chi connectivity index (χ4n) is 2.96. The molecule has 1 aromatic carbocycles. The van der Waals surface area contributed by atoms with E-state index < -0.39 is 0 Å². The molecule has 3 rings (SSSR count). The molecule has 1 N–H and O–H groups in total. The van der Waals surface area contributed by atoms with Crippen LogP contribution in [0.4, 0.5) is 11.6 Å². The van der Waals surface area contributed by atoms with Gasteiger partial charge >= 0.3 is 0 Å². The molecule has 0 atom stereocenters. The van der Waals surface area contributed by atoms with E-state index in [0.717, 1.165) is 42.4 Å². The van der Waals surface area contributed by atoms with Crippen molar-refractivity contribution in [1.29, 1.82) is 0 Å². The molecule has 2 aromatic rings. The van der Waals surface area contributed by atoms with Crippen molar-refractivity contribution in [3.63, 3.8) is 0 Å². The molecule has 0 radical (unpaired) electrons. The minimum absolute atomic E-state index is 0.108. The van der Waals surface area contributed by atoms with Crippen molar-refractivity contribution < 1.29 is 4.79 Å². The molecule has 0 spiro atoms. The van der Waals surface area contributed by atoms with E-state index >= 15 is 0 Å². The summed E-state index contributed by atoms with van der Waals surface area (Å²) in [7, 11) is 0. The van der Waals surface area contributed by atoms with E-state index in [4.69, 9.17) is 0 Å². The number of rotatable bonds is 4. The molecule has 0 aliphatic carbocycles. The first-order valence-corrected chi connectivity index (χ1v) is 8.77. The zero-order chi connectivity index (χ0) is 17.8. The third kappa shape index (κ3) is 3.90. The lowest BCUT2D eigenvalue weighted by Crippen LogP contribution is -2.49. The standard InChI is InChI=1S/C19H25N5O/c1-4-20-17-7-8-18(22-21-17)23-9-11-24(12-10-23)19(25)16-6-5-14(2)15(3)13-16/h5-8,13H,4,9-12H2,1-3H3,(H,20,21). The van der Waals surface area contributed by atoms with Crippen LogP contribution in [0.1, 0.15) is 28.4 Å². The minimum Gasteiger partial charge on any atom is -0.369 e. The number of nitrogens with one attached hydrogen (secondary N) is 1. The quantitative estimate of drug-likeness (QED) is 0.927. The fraction of sp³-hybridized carbons (Fsp3) is 0.421. The lowest BCUT2D eigenvalue weighted by Gasteiger charge is -2.35. The molecule has 0 saturated carbocycles. The van der Waals surface area contributed by atoms with Gasteiger partial charge in [0, 0.05) is 38.3 Å². The molecular weight excluding hydrogens is 314 g/mol. The smallest absolute Gasteiger partial charge is 0.253 e. The Morgan fingerprint density at radius 2 is 1.80 bits per heavy atom. The molecule has 1 aliphatic heterocycles. The van der Waals surface area contributed by atoms with Gasteiger partial charge in [-0.25, -0.2) is 0 Å². The van der Waals surface area contributed by atoms with Gasteiger partial charge in [-0.1, -0.05) is 6.07 Å². The summed E-state index contributed by atoms with van der Waals surface area (Å²) in [6.07, 6.45) is 0. The number of anilines is 2. The van der Waals surface area contributed by atoms with E-state index in [1.54, 1.807) is 0 Å². The Balaban J connectivity index is 1.61. The summed E-state index contributed by atoms with van der Waals surface area (Å²) in [6.45, 7) is 9.89. The normalized spacial score (nSPS) is 14.5. The van der Waals surface area contributed by atoms with Crippen molar-refractivity contribution in [2.45, 2.75) is 20.8 Å². The predicted molar refractivity (Wildman–Crippen MR) is 100 cm³/mol. The Morgan fingerprint density at radius 3 is 2.40 bits per heavy atom. The number of amides is 1. The van der Waals surface area contributed by atoms with Gasteiger partial charge in [-0.05, 0) is 56.2 Å². The number of piperazine rings is 1. The van der Waals surface area contributed by atoms with Crippen molar-refractivity contribution in [1.82, 2.24) is 15.1 Å². The molecule has 1 aromatic heterocycles. The molecular formula is C19H25N5O. The van der Waals surface area contributed by atoms with Gasteiger partial charge in [0.15, 0.2) is 5.82 Å². The summed E-state index contributed by atoms with van der Waals surface area (Å²) >= 11 is 0. The highest BCUT2D eigenvalue weighted by Crippen LogP contribution is 2.17. The van der Waals surface area contributed by atoms with Crippen molar-refractivity contribution in [3.8, 4) is 0 Å². The number of aryl methyl sites for hydroxylation is 2. The Morgan fingerprint density at radius 1 is 1.04 bits per heavy atom. The van der Waals surface area contributed by atoms with Crippen LogP contribution < -0.4 is 10.2 Å². The first kappa shape index (κ1) is 17.2. The van der Waals surface area contributed by atoms with Crippen LogP contribution in [0.15, 0.2) is 30.3 Å². The SMILES string of the molecule is CCNc1ccc(N2CCN(C(=O)c3ccc(C)c(C)c3)CC2)nn1. The van der Waals surface area contributed by atoms with Gasteiger partial charge in [-0.15, -0.1) is 10.2 Å². The van der Waals surface area contributed by atoms with Crippen LogP contribution in [0.2, 0.25) is 0 Å². The van der Waals surface area contributed by atoms with Gasteiger partial charge < -0.3 is 15.1 Å². The number of carbonyl (C=O) groups excluding carboxylic acids is 1. The number of carbonyl (C=O) groups is 1. The van der Waals surface area contributed by atoms with Crippen molar-refractivity contribution in [2.24, 2.45) is 0 Å². The molecule has 0 bridgehead atoms. The number of aromatic nitrogens is 2. The van der Waals surface area contributed by atoms with E-state index in [1.807, 2.05) is 49.1 Å².